The predicted molar refractivity (Wildman–Crippen MR) is 111 cm³/mol. The van der Waals surface area contributed by atoms with E-state index < -0.39 is 6.04 Å². The molecule has 1 amide bonds. The lowest BCUT2D eigenvalue weighted by atomic mass is 10.1. The first kappa shape index (κ1) is 22.0. The van der Waals surface area contributed by atoms with Gasteiger partial charge in [0.1, 0.15) is 23.4 Å². The van der Waals surface area contributed by atoms with Gasteiger partial charge in [-0.05, 0) is 59.7 Å². The number of benzene rings is 2. The number of rotatable bonds is 9. The first-order valence-corrected chi connectivity index (χ1v) is 10.0. The van der Waals surface area contributed by atoms with Crippen LogP contribution in [0, 0.1) is 12.7 Å². The molecular weight excluding hydrogens is 432 g/mol. The van der Waals surface area contributed by atoms with Gasteiger partial charge in [-0.15, -0.1) is 5.10 Å². The molecular formula is C20H20Cl2FN5O2. The van der Waals surface area contributed by atoms with Crippen LogP contribution >= 0.6 is 23.2 Å². The zero-order valence-electron chi connectivity index (χ0n) is 16.2. The molecule has 0 aliphatic heterocycles. The van der Waals surface area contributed by atoms with E-state index >= 15 is 0 Å². The quantitative estimate of drug-likeness (QED) is 0.500. The number of nitrogens with one attached hydrogen (secondary N) is 1. The van der Waals surface area contributed by atoms with Gasteiger partial charge in [0.2, 0.25) is 5.91 Å². The molecule has 0 bridgehead atoms. The van der Waals surface area contributed by atoms with Crippen LogP contribution in [0.3, 0.4) is 0 Å². The fourth-order valence-corrected chi connectivity index (χ4v) is 3.30. The normalized spacial score (nSPS) is 11.9. The Kier molecular flexibility index (Phi) is 7.59. The van der Waals surface area contributed by atoms with Crippen LogP contribution in [0.4, 0.5) is 4.39 Å². The van der Waals surface area contributed by atoms with Gasteiger partial charge in [-0.25, -0.2) is 9.07 Å². The fourth-order valence-electron chi connectivity index (χ4n) is 2.84. The second-order valence-electron chi connectivity index (χ2n) is 6.58. The van der Waals surface area contributed by atoms with E-state index in [0.29, 0.717) is 47.6 Å². The van der Waals surface area contributed by atoms with E-state index in [2.05, 4.69) is 20.8 Å². The van der Waals surface area contributed by atoms with Crippen molar-refractivity contribution >= 4 is 29.1 Å². The standard InChI is InChI=1S/C20H20Cl2FN5O2/c1-13-25-26-27-28(13)18(11-14-3-6-16(23)7-4-14)20(29)24-9-2-10-30-19-8-5-15(21)12-17(19)22/h3-8,12,18H,2,9-11H2,1H3,(H,24,29). The molecule has 2 aromatic carbocycles. The van der Waals surface area contributed by atoms with Gasteiger partial charge in [-0.1, -0.05) is 35.3 Å². The summed E-state index contributed by atoms with van der Waals surface area (Å²) >= 11 is 11.9. The van der Waals surface area contributed by atoms with Crippen molar-refractivity contribution in [2.24, 2.45) is 0 Å². The van der Waals surface area contributed by atoms with Crippen LogP contribution < -0.4 is 10.1 Å². The maximum atomic E-state index is 13.2. The van der Waals surface area contributed by atoms with Crippen LogP contribution in [0.15, 0.2) is 42.5 Å². The highest BCUT2D eigenvalue weighted by molar-refractivity contribution is 6.35. The van der Waals surface area contributed by atoms with E-state index in [1.807, 2.05) is 0 Å². The average Bonchev–Trinajstić information content (AvgIpc) is 3.14. The van der Waals surface area contributed by atoms with Crippen LogP contribution in [0.2, 0.25) is 10.0 Å². The molecule has 0 spiro atoms. The van der Waals surface area contributed by atoms with Gasteiger partial charge >= 0.3 is 0 Å². The van der Waals surface area contributed by atoms with Crippen molar-refractivity contribution in [2.45, 2.75) is 25.8 Å². The lowest BCUT2D eigenvalue weighted by Gasteiger charge is -2.18. The molecule has 3 aromatic rings. The van der Waals surface area contributed by atoms with Crippen molar-refractivity contribution in [2.75, 3.05) is 13.2 Å². The van der Waals surface area contributed by atoms with Crippen LogP contribution in [0.5, 0.6) is 5.75 Å². The van der Waals surface area contributed by atoms with E-state index in [1.54, 1.807) is 37.3 Å². The average molecular weight is 452 g/mol. The molecule has 0 aliphatic carbocycles. The minimum absolute atomic E-state index is 0.237. The number of carbonyl (C=O) groups is 1. The number of nitrogens with zero attached hydrogens (tertiary/aromatic N) is 4. The van der Waals surface area contributed by atoms with Crippen molar-refractivity contribution in [3.63, 3.8) is 0 Å². The van der Waals surface area contributed by atoms with Gasteiger partial charge < -0.3 is 10.1 Å². The van der Waals surface area contributed by atoms with Crippen LogP contribution in [-0.4, -0.2) is 39.3 Å². The molecule has 0 aliphatic rings. The molecule has 3 rings (SSSR count). The van der Waals surface area contributed by atoms with Crippen LogP contribution in [0.25, 0.3) is 0 Å². The number of tetrazole rings is 1. The van der Waals surface area contributed by atoms with E-state index in [-0.39, 0.29) is 11.7 Å². The summed E-state index contributed by atoms with van der Waals surface area (Å²) in [7, 11) is 0. The van der Waals surface area contributed by atoms with Crippen molar-refractivity contribution in [3.8, 4) is 5.75 Å². The van der Waals surface area contributed by atoms with Crippen LogP contribution in [0.1, 0.15) is 23.9 Å². The lowest BCUT2D eigenvalue weighted by Crippen LogP contribution is -2.36. The summed E-state index contributed by atoms with van der Waals surface area (Å²) in [6.07, 6.45) is 0.900. The number of hydrogen-bond donors (Lipinski definition) is 1. The smallest absolute Gasteiger partial charge is 0.245 e. The third-order valence-corrected chi connectivity index (χ3v) is 4.90. The summed E-state index contributed by atoms with van der Waals surface area (Å²) in [5, 5.41) is 15.2. The Bertz CT molecular complexity index is 997. The number of amides is 1. The molecule has 30 heavy (non-hydrogen) atoms. The number of halogens is 3. The highest BCUT2D eigenvalue weighted by Gasteiger charge is 2.24. The summed E-state index contributed by atoms with van der Waals surface area (Å²) in [6, 6.07) is 10.3. The van der Waals surface area contributed by atoms with Crippen molar-refractivity contribution in [1.29, 1.82) is 0 Å². The van der Waals surface area contributed by atoms with E-state index in [4.69, 9.17) is 27.9 Å². The molecule has 10 heteroatoms. The molecule has 0 saturated heterocycles. The number of ether oxygens (including phenoxy) is 1. The maximum Gasteiger partial charge on any atom is 0.245 e. The predicted octanol–water partition coefficient (Wildman–Crippen LogP) is 3.80. The van der Waals surface area contributed by atoms with Crippen LogP contribution in [-0.2, 0) is 11.2 Å². The second-order valence-corrected chi connectivity index (χ2v) is 7.43. The van der Waals surface area contributed by atoms with E-state index in [9.17, 15) is 9.18 Å². The third-order valence-electron chi connectivity index (χ3n) is 4.37. The first-order chi connectivity index (χ1) is 14.4. The summed E-state index contributed by atoms with van der Waals surface area (Å²) in [5.74, 6) is 0.474. The summed E-state index contributed by atoms with van der Waals surface area (Å²) < 4.78 is 20.3. The monoisotopic (exact) mass is 451 g/mol. The minimum atomic E-state index is -0.655. The van der Waals surface area contributed by atoms with Gasteiger partial charge in [-0.3, -0.25) is 4.79 Å². The molecule has 158 valence electrons. The Morgan fingerprint density at radius 3 is 2.67 bits per heavy atom. The van der Waals surface area contributed by atoms with Gasteiger partial charge in [0.25, 0.3) is 0 Å². The zero-order chi connectivity index (χ0) is 21.5. The number of hydrogen-bond acceptors (Lipinski definition) is 5. The maximum absolute atomic E-state index is 13.2. The SMILES string of the molecule is Cc1nnnn1C(Cc1ccc(F)cc1)C(=O)NCCCOc1ccc(Cl)cc1Cl. The molecule has 0 fully saturated rings. The summed E-state index contributed by atoms with van der Waals surface area (Å²) in [6.45, 7) is 2.48. The minimum Gasteiger partial charge on any atom is -0.492 e. The molecule has 0 radical (unpaired) electrons. The van der Waals surface area contributed by atoms with E-state index in [1.165, 1.54) is 16.8 Å². The Labute approximate surface area is 183 Å². The third kappa shape index (κ3) is 5.90. The molecule has 7 nitrogen and oxygen atoms in total. The molecule has 1 aromatic heterocycles. The summed E-state index contributed by atoms with van der Waals surface area (Å²) in [4.78, 5) is 12.8. The number of aromatic nitrogens is 4. The fraction of sp³-hybridized carbons (Fsp3) is 0.300. The first-order valence-electron chi connectivity index (χ1n) is 9.28. The highest BCUT2D eigenvalue weighted by Crippen LogP contribution is 2.27. The topological polar surface area (TPSA) is 81.9 Å². The van der Waals surface area contributed by atoms with Crippen molar-refractivity contribution < 1.29 is 13.9 Å². The Morgan fingerprint density at radius 2 is 2.00 bits per heavy atom. The largest absolute Gasteiger partial charge is 0.492 e. The number of carbonyl (C=O) groups excluding carboxylic acids is 1. The molecule has 0 saturated carbocycles. The highest BCUT2D eigenvalue weighted by atomic mass is 35.5. The molecule has 1 heterocycles. The van der Waals surface area contributed by atoms with E-state index in [0.717, 1.165) is 5.56 Å². The van der Waals surface area contributed by atoms with Crippen molar-refractivity contribution in [1.82, 2.24) is 25.5 Å². The van der Waals surface area contributed by atoms with Gasteiger partial charge in [-0.2, -0.15) is 0 Å². The Morgan fingerprint density at radius 1 is 1.23 bits per heavy atom. The molecule has 1 atom stereocenters. The number of aryl methyl sites for hydroxylation is 1. The lowest BCUT2D eigenvalue weighted by molar-refractivity contribution is -0.124. The van der Waals surface area contributed by atoms with Gasteiger partial charge in [0.05, 0.1) is 11.6 Å². The molecule has 1 unspecified atom stereocenters. The van der Waals surface area contributed by atoms with Crippen molar-refractivity contribution in [3.05, 3.63) is 69.7 Å². The van der Waals surface area contributed by atoms with Gasteiger partial charge in [0, 0.05) is 18.0 Å². The Balaban J connectivity index is 1.55. The molecule has 1 N–H and O–H groups in total. The van der Waals surface area contributed by atoms with Gasteiger partial charge in [0.15, 0.2) is 0 Å². The zero-order valence-corrected chi connectivity index (χ0v) is 17.7. The Hall–Kier alpha value is -2.71. The summed E-state index contributed by atoms with van der Waals surface area (Å²) in [5.41, 5.74) is 0.798. The second kappa shape index (κ2) is 10.4.